The van der Waals surface area contributed by atoms with Gasteiger partial charge in [-0.3, -0.25) is 0 Å². The molecule has 0 fully saturated rings. The molecule has 0 saturated heterocycles. The minimum Gasteiger partial charge on any atom is -0.411 e. The van der Waals surface area contributed by atoms with Crippen LogP contribution >= 0.6 is 0 Å². The van der Waals surface area contributed by atoms with Crippen LogP contribution in [0.15, 0.2) is 71.0 Å². The van der Waals surface area contributed by atoms with Gasteiger partial charge in [-0.1, -0.05) is 71.0 Å². The van der Waals surface area contributed by atoms with Crippen molar-refractivity contribution in [3.63, 3.8) is 0 Å². The van der Waals surface area contributed by atoms with Gasteiger partial charge in [0.1, 0.15) is 0 Å². The van der Waals surface area contributed by atoms with Crippen molar-refractivity contribution in [1.29, 1.82) is 0 Å². The zero-order valence-corrected chi connectivity index (χ0v) is 9.72. The third-order valence-corrected chi connectivity index (χ3v) is 2.08. The molecule has 2 N–H and O–H groups in total. The third-order valence-electron chi connectivity index (χ3n) is 2.08. The summed E-state index contributed by atoms with van der Waals surface area (Å²) in [6.45, 7) is 0. The molecule has 4 heteroatoms. The molecule has 0 aliphatic rings. The summed E-state index contributed by atoms with van der Waals surface area (Å²) < 4.78 is 0. The van der Waals surface area contributed by atoms with Gasteiger partial charge < -0.3 is 10.4 Å². The second kappa shape index (κ2) is 8.52. The fraction of sp³-hybridized carbons (Fsp3) is 0. The van der Waals surface area contributed by atoms with E-state index in [4.69, 9.17) is 10.4 Å². The number of hydrogen-bond donors (Lipinski definition) is 2. The predicted octanol–water partition coefficient (Wildman–Crippen LogP) is 3.26. The molecule has 0 bridgehead atoms. The van der Waals surface area contributed by atoms with Crippen molar-refractivity contribution in [1.82, 2.24) is 0 Å². The van der Waals surface area contributed by atoms with Crippen LogP contribution in [0.25, 0.3) is 11.1 Å². The Kier molecular flexibility index (Phi) is 6.37. The van der Waals surface area contributed by atoms with E-state index in [0.29, 0.717) is 0 Å². The highest BCUT2D eigenvalue weighted by Crippen LogP contribution is 2.17. The highest BCUT2D eigenvalue weighted by molar-refractivity contribution is 6.15. The maximum absolute atomic E-state index is 7.56. The third kappa shape index (κ3) is 4.94. The summed E-state index contributed by atoms with van der Waals surface area (Å²) in [6.07, 6.45) is 1.89. The number of hydrogen-bond acceptors (Lipinski definition) is 4. The van der Waals surface area contributed by atoms with Gasteiger partial charge in [0.2, 0.25) is 0 Å². The maximum Gasteiger partial charge on any atom is 0.0877 e. The fourth-order valence-electron chi connectivity index (χ4n) is 1.32. The molecule has 0 unspecified atom stereocenters. The summed E-state index contributed by atoms with van der Waals surface area (Å²) in [5, 5.41) is 20.1. The minimum atomic E-state index is 0.944. The standard InChI is InChI=1S/C12H10.C2H4N2O2/c1-3-7-11(8-4-1)12-9-5-2-6-10-12;5-3-1-2-4-6/h1-10H;1-2,5-6H/b;3-1-,4-2-. The van der Waals surface area contributed by atoms with Gasteiger partial charge in [0.25, 0.3) is 0 Å². The van der Waals surface area contributed by atoms with Gasteiger partial charge in [-0.2, -0.15) is 0 Å². The molecule has 0 aliphatic carbocycles. The van der Waals surface area contributed by atoms with Gasteiger partial charge in [0.05, 0.1) is 12.4 Å². The summed E-state index contributed by atoms with van der Waals surface area (Å²) in [4.78, 5) is 0. The van der Waals surface area contributed by atoms with Gasteiger partial charge in [0, 0.05) is 0 Å². The monoisotopic (exact) mass is 242 g/mol. The van der Waals surface area contributed by atoms with E-state index in [9.17, 15) is 0 Å². The molecule has 0 aliphatic heterocycles. The number of oxime groups is 2. The van der Waals surface area contributed by atoms with Gasteiger partial charge in [-0.05, 0) is 11.1 Å². The lowest BCUT2D eigenvalue weighted by Gasteiger charge is -1.98. The molecular weight excluding hydrogens is 228 g/mol. The predicted molar refractivity (Wildman–Crippen MR) is 72.4 cm³/mol. The molecule has 18 heavy (non-hydrogen) atoms. The highest BCUT2D eigenvalue weighted by atomic mass is 16.4. The molecule has 0 spiro atoms. The lowest BCUT2D eigenvalue weighted by molar-refractivity contribution is 0.317. The molecule has 0 heterocycles. The summed E-state index contributed by atoms with van der Waals surface area (Å²) in [6, 6.07) is 20.8. The van der Waals surface area contributed by atoms with Crippen molar-refractivity contribution in [3.05, 3.63) is 60.7 Å². The first-order chi connectivity index (χ1) is 8.88. The highest BCUT2D eigenvalue weighted by Gasteiger charge is 1.91. The number of nitrogens with zero attached hydrogens (tertiary/aromatic N) is 2. The van der Waals surface area contributed by atoms with E-state index in [1.54, 1.807) is 0 Å². The molecule has 92 valence electrons. The lowest BCUT2D eigenvalue weighted by atomic mass is 10.1. The SMILES string of the molecule is O/N=C\C=N/O.c1ccc(-c2ccccc2)cc1. The Morgan fingerprint density at radius 3 is 1.22 bits per heavy atom. The second-order valence-corrected chi connectivity index (χ2v) is 3.26. The molecule has 2 rings (SSSR count). The Bertz CT molecular complexity index is 434. The topological polar surface area (TPSA) is 65.2 Å². The van der Waals surface area contributed by atoms with E-state index in [0.717, 1.165) is 12.4 Å². The quantitative estimate of drug-likeness (QED) is 0.482. The first-order valence-corrected chi connectivity index (χ1v) is 5.32. The van der Waals surface area contributed by atoms with Crippen LogP contribution in [-0.2, 0) is 0 Å². The Hall–Kier alpha value is -2.62. The molecule has 0 aromatic heterocycles. The number of benzene rings is 2. The minimum absolute atomic E-state index is 0.944. The first kappa shape index (κ1) is 13.4. The van der Waals surface area contributed by atoms with Crippen LogP contribution in [0.3, 0.4) is 0 Å². The van der Waals surface area contributed by atoms with E-state index in [-0.39, 0.29) is 0 Å². The van der Waals surface area contributed by atoms with E-state index in [1.807, 2.05) is 12.1 Å². The van der Waals surface area contributed by atoms with Crippen LogP contribution in [0.2, 0.25) is 0 Å². The van der Waals surface area contributed by atoms with Crippen molar-refractivity contribution in [2.24, 2.45) is 10.3 Å². The van der Waals surface area contributed by atoms with Crippen LogP contribution in [0, 0.1) is 0 Å². The van der Waals surface area contributed by atoms with Crippen LogP contribution in [0.5, 0.6) is 0 Å². The second-order valence-electron chi connectivity index (χ2n) is 3.26. The summed E-state index contributed by atoms with van der Waals surface area (Å²) in [5.41, 5.74) is 2.55. The Labute approximate surface area is 106 Å². The molecule has 0 saturated carbocycles. The normalized spacial score (nSPS) is 10.2. The van der Waals surface area contributed by atoms with Gasteiger partial charge in [-0.25, -0.2) is 0 Å². The van der Waals surface area contributed by atoms with Gasteiger partial charge >= 0.3 is 0 Å². The van der Waals surface area contributed by atoms with Crippen molar-refractivity contribution in [3.8, 4) is 11.1 Å². The summed E-state index contributed by atoms with van der Waals surface area (Å²) in [5.74, 6) is 0. The maximum atomic E-state index is 7.56. The molecule has 0 radical (unpaired) electrons. The van der Waals surface area contributed by atoms with Gasteiger partial charge in [-0.15, -0.1) is 0 Å². The zero-order chi connectivity index (χ0) is 13.1. The summed E-state index contributed by atoms with van der Waals surface area (Å²) >= 11 is 0. The summed E-state index contributed by atoms with van der Waals surface area (Å²) in [7, 11) is 0. The molecule has 0 atom stereocenters. The van der Waals surface area contributed by atoms with Crippen LogP contribution < -0.4 is 0 Å². The lowest BCUT2D eigenvalue weighted by Crippen LogP contribution is -1.73. The van der Waals surface area contributed by atoms with Crippen molar-refractivity contribution in [2.45, 2.75) is 0 Å². The van der Waals surface area contributed by atoms with E-state index >= 15 is 0 Å². The molecule has 0 amide bonds. The number of rotatable bonds is 2. The smallest absolute Gasteiger partial charge is 0.0877 e. The average molecular weight is 242 g/mol. The molecule has 2 aromatic carbocycles. The van der Waals surface area contributed by atoms with Crippen LogP contribution in [-0.4, -0.2) is 22.8 Å². The largest absolute Gasteiger partial charge is 0.411 e. The average Bonchev–Trinajstić information content (AvgIpc) is 2.48. The van der Waals surface area contributed by atoms with Crippen LogP contribution in [0.4, 0.5) is 0 Å². The van der Waals surface area contributed by atoms with Crippen molar-refractivity contribution >= 4 is 12.4 Å². The van der Waals surface area contributed by atoms with Crippen LogP contribution in [0.1, 0.15) is 0 Å². The fourth-order valence-corrected chi connectivity index (χ4v) is 1.32. The Morgan fingerprint density at radius 2 is 0.944 bits per heavy atom. The Morgan fingerprint density at radius 1 is 0.611 bits per heavy atom. The van der Waals surface area contributed by atoms with E-state index in [2.05, 4.69) is 58.8 Å². The zero-order valence-electron chi connectivity index (χ0n) is 9.72. The molecular formula is C14H14N2O2. The molecule has 4 nitrogen and oxygen atoms in total. The van der Waals surface area contributed by atoms with Crippen molar-refractivity contribution in [2.75, 3.05) is 0 Å². The van der Waals surface area contributed by atoms with Gasteiger partial charge in [0.15, 0.2) is 0 Å². The van der Waals surface area contributed by atoms with Crippen molar-refractivity contribution < 1.29 is 10.4 Å². The molecule has 2 aromatic rings. The van der Waals surface area contributed by atoms with E-state index in [1.165, 1.54) is 11.1 Å². The van der Waals surface area contributed by atoms with E-state index < -0.39 is 0 Å². The Balaban J connectivity index is 0.000000232. The first-order valence-electron chi connectivity index (χ1n) is 5.32.